The van der Waals surface area contributed by atoms with Crippen LogP contribution in [0, 0.1) is 6.92 Å². The van der Waals surface area contributed by atoms with Gasteiger partial charge in [0.1, 0.15) is 5.00 Å². The molecule has 1 aliphatic heterocycles. The van der Waals surface area contributed by atoms with Crippen molar-refractivity contribution < 1.29 is 28.7 Å². The largest absolute Gasteiger partial charge is 0.462 e. The van der Waals surface area contributed by atoms with Crippen LogP contribution in [0.15, 0.2) is 24.3 Å². The number of ether oxygens (including phenoxy) is 1. The molecule has 0 radical (unpaired) electrons. The minimum absolute atomic E-state index is 0.00147. The van der Waals surface area contributed by atoms with Gasteiger partial charge >= 0.3 is 5.97 Å². The number of nitrogens with one attached hydrogen (secondary N) is 1. The van der Waals surface area contributed by atoms with Gasteiger partial charge in [-0.05, 0) is 38.0 Å². The molecular formula is C21H21N3O6S. The number of nitrogens with two attached hydrogens (primary N) is 1. The number of thiophene rings is 1. The molecule has 1 aromatic heterocycles. The van der Waals surface area contributed by atoms with Gasteiger partial charge in [0.05, 0.1) is 28.2 Å². The van der Waals surface area contributed by atoms with E-state index in [1.807, 2.05) is 0 Å². The molecule has 4 amide bonds. The number of hydrogen-bond donors (Lipinski definition) is 2. The number of imide groups is 1. The first kappa shape index (κ1) is 22.2. The second kappa shape index (κ2) is 9.09. The van der Waals surface area contributed by atoms with Crippen LogP contribution in [0.3, 0.4) is 0 Å². The third-order valence-corrected chi connectivity index (χ3v) is 5.99. The summed E-state index contributed by atoms with van der Waals surface area (Å²) in [7, 11) is 0. The van der Waals surface area contributed by atoms with Crippen LogP contribution < -0.4 is 11.1 Å². The monoisotopic (exact) mass is 443 g/mol. The minimum Gasteiger partial charge on any atom is -0.462 e. The van der Waals surface area contributed by atoms with Crippen molar-refractivity contribution in [2.24, 2.45) is 5.73 Å². The second-order valence-corrected chi connectivity index (χ2v) is 7.82. The Bertz CT molecular complexity index is 1060. The van der Waals surface area contributed by atoms with E-state index in [0.29, 0.717) is 16.7 Å². The van der Waals surface area contributed by atoms with Crippen LogP contribution >= 0.6 is 11.3 Å². The number of carbonyl (C=O) groups is 5. The predicted molar refractivity (Wildman–Crippen MR) is 113 cm³/mol. The normalized spacial score (nSPS) is 12.6. The van der Waals surface area contributed by atoms with Gasteiger partial charge in [-0.1, -0.05) is 12.1 Å². The van der Waals surface area contributed by atoms with E-state index >= 15 is 0 Å². The molecule has 9 nitrogen and oxygen atoms in total. The number of benzene rings is 1. The molecule has 162 valence electrons. The van der Waals surface area contributed by atoms with Gasteiger partial charge in [0, 0.05) is 13.0 Å². The Morgan fingerprint density at radius 2 is 1.74 bits per heavy atom. The molecule has 1 aromatic carbocycles. The molecule has 0 fully saturated rings. The number of carbonyl (C=O) groups excluding carboxylic acids is 5. The van der Waals surface area contributed by atoms with Crippen molar-refractivity contribution in [2.75, 3.05) is 18.5 Å². The number of primary amides is 1. The zero-order chi connectivity index (χ0) is 22.7. The first-order valence-electron chi connectivity index (χ1n) is 9.61. The fraction of sp³-hybridized carbons (Fsp3) is 0.286. The summed E-state index contributed by atoms with van der Waals surface area (Å²) in [5.41, 5.74) is 6.49. The van der Waals surface area contributed by atoms with Gasteiger partial charge in [-0.25, -0.2) is 4.79 Å². The third-order valence-electron chi connectivity index (χ3n) is 4.77. The smallest absolute Gasteiger partial charge is 0.341 e. The molecule has 0 saturated heterocycles. The molecule has 0 bridgehead atoms. The zero-order valence-electron chi connectivity index (χ0n) is 17.0. The van der Waals surface area contributed by atoms with E-state index in [-0.39, 0.29) is 53.2 Å². The Kier molecular flexibility index (Phi) is 6.50. The summed E-state index contributed by atoms with van der Waals surface area (Å²) in [5.74, 6) is -2.57. The van der Waals surface area contributed by atoms with Crippen LogP contribution in [-0.4, -0.2) is 47.6 Å². The average Bonchev–Trinajstić information content (AvgIpc) is 3.17. The fourth-order valence-corrected chi connectivity index (χ4v) is 4.38. The first-order valence-corrected chi connectivity index (χ1v) is 10.4. The molecule has 3 N–H and O–H groups in total. The number of fused-ring (bicyclic) bond motifs is 1. The highest BCUT2D eigenvalue weighted by Gasteiger charge is 2.34. The van der Waals surface area contributed by atoms with Crippen LogP contribution in [0.25, 0.3) is 0 Å². The van der Waals surface area contributed by atoms with Crippen molar-refractivity contribution in [1.29, 1.82) is 0 Å². The van der Waals surface area contributed by atoms with Crippen molar-refractivity contribution in [1.82, 2.24) is 4.90 Å². The van der Waals surface area contributed by atoms with Crippen molar-refractivity contribution in [3.63, 3.8) is 0 Å². The molecule has 0 unspecified atom stereocenters. The molecule has 0 aliphatic carbocycles. The van der Waals surface area contributed by atoms with Crippen molar-refractivity contribution in [3.8, 4) is 0 Å². The van der Waals surface area contributed by atoms with E-state index in [0.717, 1.165) is 16.2 Å². The summed E-state index contributed by atoms with van der Waals surface area (Å²) >= 11 is 0.902. The maximum Gasteiger partial charge on any atom is 0.341 e. The Morgan fingerprint density at radius 1 is 1.13 bits per heavy atom. The highest BCUT2D eigenvalue weighted by molar-refractivity contribution is 7.18. The Morgan fingerprint density at radius 3 is 2.29 bits per heavy atom. The summed E-state index contributed by atoms with van der Waals surface area (Å²) in [6.45, 7) is 3.42. The van der Waals surface area contributed by atoms with Crippen molar-refractivity contribution in [3.05, 3.63) is 51.4 Å². The number of hydrogen-bond acceptors (Lipinski definition) is 7. The van der Waals surface area contributed by atoms with Crippen LogP contribution in [0.1, 0.15) is 66.1 Å². The van der Waals surface area contributed by atoms with Crippen molar-refractivity contribution in [2.45, 2.75) is 26.7 Å². The third kappa shape index (κ3) is 4.33. The summed E-state index contributed by atoms with van der Waals surface area (Å²) in [6, 6.07) is 6.56. The van der Waals surface area contributed by atoms with Crippen molar-refractivity contribution >= 4 is 45.9 Å². The lowest BCUT2D eigenvalue weighted by Crippen LogP contribution is -2.31. The Labute approximate surface area is 182 Å². The molecule has 1 aliphatic rings. The SMILES string of the molecule is CCOC(=O)c1c(NC(=O)CCCN2C(=O)c3ccccc3C2=O)sc(C(N)=O)c1C. The number of nitrogens with zero attached hydrogens (tertiary/aromatic N) is 1. The first-order chi connectivity index (χ1) is 14.8. The lowest BCUT2D eigenvalue weighted by atomic mass is 10.1. The molecule has 10 heteroatoms. The molecule has 0 atom stereocenters. The van der Waals surface area contributed by atoms with E-state index in [9.17, 15) is 24.0 Å². The van der Waals surface area contributed by atoms with Gasteiger partial charge in [0.25, 0.3) is 17.7 Å². The number of rotatable bonds is 8. The highest BCUT2D eigenvalue weighted by atomic mass is 32.1. The van der Waals surface area contributed by atoms with E-state index in [1.165, 1.54) is 0 Å². The van der Waals surface area contributed by atoms with Gasteiger partial charge in [0.2, 0.25) is 5.91 Å². The lowest BCUT2D eigenvalue weighted by molar-refractivity contribution is -0.116. The summed E-state index contributed by atoms with van der Waals surface area (Å²) < 4.78 is 5.01. The average molecular weight is 443 g/mol. The summed E-state index contributed by atoms with van der Waals surface area (Å²) in [6.07, 6.45) is 0.234. The van der Waals surface area contributed by atoms with Gasteiger partial charge in [0.15, 0.2) is 0 Å². The van der Waals surface area contributed by atoms with Gasteiger partial charge < -0.3 is 15.8 Å². The predicted octanol–water partition coefficient (Wildman–Crippen LogP) is 2.35. The number of esters is 1. The highest BCUT2D eigenvalue weighted by Crippen LogP contribution is 2.33. The van der Waals surface area contributed by atoms with Crippen LogP contribution in [0.4, 0.5) is 5.00 Å². The molecule has 2 heterocycles. The van der Waals surface area contributed by atoms with Gasteiger partial charge in [-0.15, -0.1) is 11.3 Å². The van der Waals surface area contributed by atoms with E-state index in [2.05, 4.69) is 5.32 Å². The van der Waals surface area contributed by atoms with E-state index in [1.54, 1.807) is 38.1 Å². The molecule has 2 aromatic rings. The molecular weight excluding hydrogens is 422 g/mol. The Hall–Kier alpha value is -3.53. The van der Waals surface area contributed by atoms with Gasteiger partial charge in [-0.2, -0.15) is 0 Å². The Balaban J connectivity index is 1.65. The van der Waals surface area contributed by atoms with Gasteiger partial charge in [-0.3, -0.25) is 24.1 Å². The maximum absolute atomic E-state index is 12.4. The second-order valence-electron chi connectivity index (χ2n) is 6.80. The van der Waals surface area contributed by atoms with E-state index in [4.69, 9.17) is 10.5 Å². The van der Waals surface area contributed by atoms with Crippen LogP contribution in [0.2, 0.25) is 0 Å². The summed E-state index contributed by atoms with van der Waals surface area (Å²) in [4.78, 5) is 62.3. The topological polar surface area (TPSA) is 136 Å². The summed E-state index contributed by atoms with van der Waals surface area (Å²) in [5, 5.41) is 2.79. The van der Waals surface area contributed by atoms with Crippen LogP contribution in [0.5, 0.6) is 0 Å². The number of anilines is 1. The molecule has 0 spiro atoms. The van der Waals surface area contributed by atoms with E-state index < -0.39 is 17.8 Å². The standard InChI is InChI=1S/C21H21N3O6S/c1-3-30-21(29)15-11(2)16(17(22)26)31-18(15)23-14(25)9-6-10-24-19(27)12-7-4-5-8-13(12)20(24)28/h4-5,7-8H,3,6,9-10H2,1-2H3,(H2,22,26)(H,23,25). The minimum atomic E-state index is -0.709. The molecule has 0 saturated carbocycles. The van der Waals surface area contributed by atoms with Crippen LogP contribution in [-0.2, 0) is 9.53 Å². The molecule has 3 rings (SSSR count). The maximum atomic E-state index is 12.4. The molecule has 31 heavy (non-hydrogen) atoms. The number of amides is 4. The quantitative estimate of drug-likeness (QED) is 0.475. The zero-order valence-corrected chi connectivity index (χ0v) is 17.8. The fourth-order valence-electron chi connectivity index (χ4n) is 3.31. The lowest BCUT2D eigenvalue weighted by Gasteiger charge is -2.13.